The Bertz CT molecular complexity index is 544. The predicted molar refractivity (Wildman–Crippen MR) is 93.2 cm³/mol. The summed E-state index contributed by atoms with van der Waals surface area (Å²) in [6.45, 7) is 0.672. The van der Waals surface area contributed by atoms with Crippen molar-refractivity contribution >= 4 is 0 Å². The Kier molecular flexibility index (Phi) is 4.19. The van der Waals surface area contributed by atoms with Gasteiger partial charge in [0.05, 0.1) is 11.9 Å². The van der Waals surface area contributed by atoms with E-state index in [1.54, 1.807) is 0 Å². The summed E-state index contributed by atoms with van der Waals surface area (Å²) < 4.78 is 5.92. The summed E-state index contributed by atoms with van der Waals surface area (Å²) in [4.78, 5) is 0. The summed E-state index contributed by atoms with van der Waals surface area (Å²) in [6.07, 6.45) is 11.6. The van der Waals surface area contributed by atoms with Crippen molar-refractivity contribution in [2.24, 2.45) is 17.6 Å². The van der Waals surface area contributed by atoms with Crippen molar-refractivity contribution in [1.82, 2.24) is 5.32 Å². The number of nitrogens with one attached hydrogen (secondary N) is 1. The molecule has 1 heterocycles. The van der Waals surface area contributed by atoms with Crippen molar-refractivity contribution in [2.45, 2.75) is 56.9 Å². The molecule has 0 radical (unpaired) electrons. The number of hydrogen-bond donors (Lipinski definition) is 2. The van der Waals surface area contributed by atoms with Gasteiger partial charge >= 0.3 is 0 Å². The third-order valence-electron chi connectivity index (χ3n) is 6.02. The first-order valence-corrected chi connectivity index (χ1v) is 9.24. The number of hydrogen-bond acceptors (Lipinski definition) is 3. The second kappa shape index (κ2) is 6.46. The lowest BCUT2D eigenvalue weighted by atomic mass is 9.62. The number of ether oxygens (including phenoxy) is 1. The lowest BCUT2D eigenvalue weighted by Crippen LogP contribution is -2.31. The molecule has 0 unspecified atom stereocenters. The second-order valence-electron chi connectivity index (χ2n) is 7.52. The molecule has 2 bridgehead atoms. The maximum Gasteiger partial charge on any atom is 0.119 e. The summed E-state index contributed by atoms with van der Waals surface area (Å²) >= 11 is 0. The summed E-state index contributed by atoms with van der Waals surface area (Å²) in [7, 11) is 0. The minimum absolute atomic E-state index is 0.312. The molecule has 1 aromatic rings. The molecular formula is C20H28N2O. The average Bonchev–Trinajstić information content (AvgIpc) is 2.98. The van der Waals surface area contributed by atoms with E-state index < -0.39 is 0 Å². The molecular weight excluding hydrogens is 284 g/mol. The van der Waals surface area contributed by atoms with Crippen LogP contribution in [0.4, 0.5) is 0 Å². The average molecular weight is 312 g/mol. The number of benzene rings is 1. The van der Waals surface area contributed by atoms with Crippen LogP contribution in [0.25, 0.3) is 0 Å². The number of fused-ring (bicyclic) bond motifs is 2. The quantitative estimate of drug-likeness (QED) is 0.886. The molecule has 1 atom stereocenters. The molecule has 3 heteroatoms. The van der Waals surface area contributed by atoms with Gasteiger partial charge in [0, 0.05) is 0 Å². The maximum absolute atomic E-state index is 5.92. The molecule has 4 rings (SSSR count). The van der Waals surface area contributed by atoms with Gasteiger partial charge in [-0.3, -0.25) is 0 Å². The van der Waals surface area contributed by atoms with E-state index in [9.17, 15) is 0 Å². The first-order valence-electron chi connectivity index (χ1n) is 9.24. The fourth-order valence-corrected chi connectivity index (χ4v) is 4.94. The molecule has 0 saturated heterocycles. The van der Waals surface area contributed by atoms with Crippen LogP contribution in [0, 0.1) is 11.8 Å². The van der Waals surface area contributed by atoms with Gasteiger partial charge in [0.2, 0.25) is 0 Å². The highest BCUT2D eigenvalue weighted by atomic mass is 16.5. The van der Waals surface area contributed by atoms with E-state index in [-0.39, 0.29) is 0 Å². The first-order chi connectivity index (χ1) is 11.3. The van der Waals surface area contributed by atoms with Crippen molar-refractivity contribution in [1.29, 1.82) is 0 Å². The maximum atomic E-state index is 5.92. The largest absolute Gasteiger partial charge is 0.491 e. The molecule has 3 nitrogen and oxygen atoms in total. The van der Waals surface area contributed by atoms with Crippen molar-refractivity contribution in [3.8, 4) is 5.75 Å². The lowest BCUT2D eigenvalue weighted by molar-refractivity contribution is 0.149. The normalized spacial score (nSPS) is 33.0. The highest BCUT2D eigenvalue weighted by Gasteiger charge is 2.36. The minimum atomic E-state index is 0.312. The molecule has 23 heavy (non-hydrogen) atoms. The van der Waals surface area contributed by atoms with Crippen LogP contribution in [0.5, 0.6) is 5.75 Å². The lowest BCUT2D eigenvalue weighted by Gasteiger charge is -2.43. The molecule has 3 aliphatic rings. The zero-order valence-electron chi connectivity index (χ0n) is 13.8. The summed E-state index contributed by atoms with van der Waals surface area (Å²) in [5, 5.41) is 3.23. The van der Waals surface area contributed by atoms with Crippen molar-refractivity contribution in [3.63, 3.8) is 0 Å². The van der Waals surface area contributed by atoms with Crippen LogP contribution in [0.2, 0.25) is 0 Å². The summed E-state index contributed by atoms with van der Waals surface area (Å²) in [5.41, 5.74) is 7.27. The Hall–Kier alpha value is -1.64. The molecule has 0 spiro atoms. The van der Waals surface area contributed by atoms with Gasteiger partial charge < -0.3 is 15.8 Å². The van der Waals surface area contributed by atoms with Crippen LogP contribution in [0.15, 0.2) is 36.2 Å². The van der Waals surface area contributed by atoms with Crippen LogP contribution in [0.1, 0.15) is 56.4 Å². The Balaban J connectivity index is 1.38. The first kappa shape index (κ1) is 14.9. The molecule has 2 saturated carbocycles. The Morgan fingerprint density at radius 3 is 2.22 bits per heavy atom. The van der Waals surface area contributed by atoms with E-state index >= 15 is 0 Å². The van der Waals surface area contributed by atoms with E-state index in [0.29, 0.717) is 12.6 Å². The minimum Gasteiger partial charge on any atom is -0.491 e. The summed E-state index contributed by atoms with van der Waals surface area (Å²) in [6, 6.07) is 9.25. The van der Waals surface area contributed by atoms with E-state index in [1.165, 1.54) is 44.1 Å². The van der Waals surface area contributed by atoms with Crippen molar-refractivity contribution < 1.29 is 4.74 Å². The Morgan fingerprint density at radius 2 is 1.65 bits per heavy atom. The van der Waals surface area contributed by atoms with Crippen LogP contribution in [-0.4, -0.2) is 12.6 Å². The molecule has 1 aromatic carbocycles. The van der Waals surface area contributed by atoms with E-state index in [0.717, 1.165) is 35.7 Å². The van der Waals surface area contributed by atoms with Crippen molar-refractivity contribution in [3.05, 3.63) is 41.7 Å². The van der Waals surface area contributed by atoms with Gasteiger partial charge in [-0.25, -0.2) is 0 Å². The fraction of sp³-hybridized carbons (Fsp3) is 0.600. The highest BCUT2D eigenvalue weighted by molar-refractivity contribution is 5.31. The van der Waals surface area contributed by atoms with Crippen LogP contribution < -0.4 is 15.8 Å². The van der Waals surface area contributed by atoms with Gasteiger partial charge in [0.15, 0.2) is 0 Å². The molecule has 124 valence electrons. The Morgan fingerprint density at radius 1 is 1.00 bits per heavy atom. The van der Waals surface area contributed by atoms with Gasteiger partial charge in [-0.15, -0.1) is 0 Å². The molecule has 0 amide bonds. The molecule has 1 aliphatic heterocycles. The van der Waals surface area contributed by atoms with Crippen LogP contribution in [0.3, 0.4) is 0 Å². The van der Waals surface area contributed by atoms with E-state index in [2.05, 4.69) is 29.6 Å². The highest BCUT2D eigenvalue weighted by Crippen LogP contribution is 2.49. The monoisotopic (exact) mass is 312 g/mol. The number of rotatable bonds is 4. The van der Waals surface area contributed by atoms with Gasteiger partial charge in [0.25, 0.3) is 0 Å². The van der Waals surface area contributed by atoms with Gasteiger partial charge in [-0.05, 0) is 73.6 Å². The molecule has 0 aromatic heterocycles. The smallest absolute Gasteiger partial charge is 0.119 e. The summed E-state index contributed by atoms with van der Waals surface area (Å²) in [5.74, 6) is 4.39. The SMILES string of the molecule is NC1=CC[C@@H](COc2ccc(C3C4CCCC3CCC4)cc2)N1. The van der Waals surface area contributed by atoms with E-state index in [1.807, 2.05) is 6.08 Å². The van der Waals surface area contributed by atoms with Crippen LogP contribution >= 0.6 is 0 Å². The zero-order chi connectivity index (χ0) is 15.6. The standard InChI is InChI=1S/C20H28N2O/c21-19-12-9-17(22-19)13-23-18-10-7-16(8-11-18)20-14-3-1-4-15(20)6-2-5-14/h7-8,10-12,14-15,17,20,22H,1-6,9,13,21H2/t14?,15?,17-,20?/m0/s1. The molecule has 3 N–H and O–H groups in total. The predicted octanol–water partition coefficient (Wildman–Crippen LogP) is 3.91. The fourth-order valence-electron chi connectivity index (χ4n) is 4.94. The van der Waals surface area contributed by atoms with Crippen molar-refractivity contribution in [2.75, 3.05) is 6.61 Å². The Labute approximate surface area is 139 Å². The van der Waals surface area contributed by atoms with Gasteiger partial charge in [-0.2, -0.15) is 0 Å². The third-order valence-corrected chi connectivity index (χ3v) is 6.02. The van der Waals surface area contributed by atoms with Crippen LogP contribution in [-0.2, 0) is 0 Å². The topological polar surface area (TPSA) is 47.3 Å². The third kappa shape index (κ3) is 3.19. The van der Waals surface area contributed by atoms with Gasteiger partial charge in [-0.1, -0.05) is 25.0 Å². The molecule has 2 aliphatic carbocycles. The van der Waals surface area contributed by atoms with E-state index in [4.69, 9.17) is 10.5 Å². The van der Waals surface area contributed by atoms with Gasteiger partial charge in [0.1, 0.15) is 12.4 Å². The number of nitrogens with two attached hydrogens (primary N) is 1. The molecule has 2 fully saturated rings. The second-order valence-corrected chi connectivity index (χ2v) is 7.52. The zero-order valence-corrected chi connectivity index (χ0v) is 13.8.